The first kappa shape index (κ1) is 18.7. The van der Waals surface area contributed by atoms with Crippen molar-refractivity contribution >= 4 is 40.8 Å². The van der Waals surface area contributed by atoms with E-state index in [9.17, 15) is 19.7 Å². The number of nitrogens with zero attached hydrogens (tertiary/aromatic N) is 1. The first-order chi connectivity index (χ1) is 11.9. The van der Waals surface area contributed by atoms with Gasteiger partial charge in [0, 0.05) is 30.3 Å². The highest BCUT2D eigenvalue weighted by Gasteiger charge is 2.11. The van der Waals surface area contributed by atoms with Crippen LogP contribution in [0.5, 0.6) is 5.75 Å². The predicted molar refractivity (Wildman–Crippen MR) is 92.1 cm³/mol. The maximum atomic E-state index is 11.9. The SMILES string of the molecule is O=C(CCNC(=O)c1ccc([N+](=O)[O-])cc1)Oc1ccc(Cl)c(Cl)c1. The molecule has 25 heavy (non-hydrogen) atoms. The van der Waals surface area contributed by atoms with Crippen LogP contribution in [0.3, 0.4) is 0 Å². The summed E-state index contributed by atoms with van der Waals surface area (Å²) in [5.74, 6) is -0.749. The Morgan fingerprint density at radius 3 is 2.36 bits per heavy atom. The van der Waals surface area contributed by atoms with Crippen LogP contribution in [0, 0.1) is 10.1 Å². The van der Waals surface area contributed by atoms with Crippen molar-refractivity contribution in [1.29, 1.82) is 0 Å². The third kappa shape index (κ3) is 5.44. The lowest BCUT2D eigenvalue weighted by atomic mass is 10.2. The third-order valence-corrected chi connectivity index (χ3v) is 3.82. The zero-order chi connectivity index (χ0) is 18.4. The average Bonchev–Trinajstić information content (AvgIpc) is 2.58. The summed E-state index contributed by atoms with van der Waals surface area (Å²) in [6, 6.07) is 9.55. The molecule has 0 bridgehead atoms. The van der Waals surface area contributed by atoms with Gasteiger partial charge < -0.3 is 10.1 Å². The highest BCUT2D eigenvalue weighted by atomic mass is 35.5. The molecule has 0 aliphatic heterocycles. The molecule has 130 valence electrons. The lowest BCUT2D eigenvalue weighted by molar-refractivity contribution is -0.384. The molecule has 0 spiro atoms. The van der Waals surface area contributed by atoms with Gasteiger partial charge >= 0.3 is 5.97 Å². The standard InChI is InChI=1S/C16H12Cl2N2O5/c17-13-6-5-12(9-14(13)18)25-15(21)7-8-19-16(22)10-1-3-11(4-2-10)20(23)24/h1-6,9H,7-8H2,(H,19,22). The van der Waals surface area contributed by atoms with Crippen molar-refractivity contribution < 1.29 is 19.2 Å². The number of ether oxygens (including phenoxy) is 1. The summed E-state index contributed by atoms with van der Waals surface area (Å²) in [6.45, 7) is 0.0516. The fraction of sp³-hybridized carbons (Fsp3) is 0.125. The van der Waals surface area contributed by atoms with E-state index in [0.717, 1.165) is 0 Å². The number of nitro groups is 1. The first-order valence-electron chi connectivity index (χ1n) is 7.05. The van der Waals surface area contributed by atoms with Crippen LogP contribution in [0.15, 0.2) is 42.5 Å². The molecular formula is C16H12Cl2N2O5. The molecule has 2 aromatic rings. The van der Waals surface area contributed by atoms with Crippen molar-refractivity contribution in [1.82, 2.24) is 5.32 Å². The number of benzene rings is 2. The van der Waals surface area contributed by atoms with Crippen LogP contribution in [-0.4, -0.2) is 23.3 Å². The number of rotatable bonds is 6. The zero-order valence-electron chi connectivity index (χ0n) is 12.7. The Kier molecular flexibility index (Phi) is 6.32. The Morgan fingerprint density at radius 1 is 1.08 bits per heavy atom. The minimum absolute atomic E-state index is 0.0516. The summed E-state index contributed by atoms with van der Waals surface area (Å²) >= 11 is 11.6. The molecule has 0 aliphatic carbocycles. The van der Waals surface area contributed by atoms with Crippen molar-refractivity contribution in [2.24, 2.45) is 0 Å². The molecule has 9 heteroatoms. The van der Waals surface area contributed by atoms with Crippen LogP contribution in [0.4, 0.5) is 5.69 Å². The predicted octanol–water partition coefficient (Wildman–Crippen LogP) is 3.63. The summed E-state index contributed by atoms with van der Waals surface area (Å²) < 4.78 is 5.07. The largest absolute Gasteiger partial charge is 0.426 e. The van der Waals surface area contributed by atoms with Crippen molar-refractivity contribution in [3.8, 4) is 5.75 Å². The van der Waals surface area contributed by atoms with E-state index >= 15 is 0 Å². The van der Waals surface area contributed by atoms with E-state index in [1.54, 1.807) is 0 Å². The number of nitrogens with one attached hydrogen (secondary N) is 1. The van der Waals surface area contributed by atoms with Gasteiger partial charge in [-0.15, -0.1) is 0 Å². The Labute approximate surface area is 152 Å². The first-order valence-corrected chi connectivity index (χ1v) is 7.81. The number of hydrogen-bond donors (Lipinski definition) is 1. The van der Waals surface area contributed by atoms with E-state index < -0.39 is 16.8 Å². The molecule has 0 saturated heterocycles. The second kappa shape index (κ2) is 8.46. The van der Waals surface area contributed by atoms with E-state index in [1.165, 1.54) is 42.5 Å². The molecule has 0 atom stereocenters. The maximum absolute atomic E-state index is 11.9. The number of halogens is 2. The lowest BCUT2D eigenvalue weighted by Gasteiger charge is -2.07. The third-order valence-electron chi connectivity index (χ3n) is 3.08. The fourth-order valence-electron chi connectivity index (χ4n) is 1.84. The van der Waals surface area contributed by atoms with Gasteiger partial charge in [0.25, 0.3) is 11.6 Å². The molecule has 0 unspecified atom stereocenters. The fourth-order valence-corrected chi connectivity index (χ4v) is 2.13. The molecule has 0 aliphatic rings. The Morgan fingerprint density at radius 2 is 1.76 bits per heavy atom. The van der Waals surface area contributed by atoms with E-state index in [4.69, 9.17) is 27.9 Å². The quantitative estimate of drug-likeness (QED) is 0.356. The topological polar surface area (TPSA) is 98.5 Å². The molecule has 1 amide bonds. The molecule has 0 fully saturated rings. The molecule has 0 radical (unpaired) electrons. The highest BCUT2D eigenvalue weighted by molar-refractivity contribution is 6.42. The van der Waals surface area contributed by atoms with Crippen LogP contribution in [0.1, 0.15) is 16.8 Å². The van der Waals surface area contributed by atoms with Gasteiger partial charge in [-0.2, -0.15) is 0 Å². The van der Waals surface area contributed by atoms with Gasteiger partial charge in [0.1, 0.15) is 5.75 Å². The number of carbonyl (C=O) groups is 2. The molecule has 0 saturated carbocycles. The van der Waals surface area contributed by atoms with Crippen LogP contribution >= 0.6 is 23.2 Å². The summed E-state index contributed by atoms with van der Waals surface area (Å²) in [5.41, 5.74) is 0.144. The van der Waals surface area contributed by atoms with E-state index in [2.05, 4.69) is 5.32 Å². The van der Waals surface area contributed by atoms with Crippen LogP contribution < -0.4 is 10.1 Å². The van der Waals surface area contributed by atoms with Crippen LogP contribution in [-0.2, 0) is 4.79 Å². The normalized spacial score (nSPS) is 10.2. The van der Waals surface area contributed by atoms with Gasteiger partial charge in [-0.1, -0.05) is 23.2 Å². The number of non-ortho nitro benzene ring substituents is 1. The van der Waals surface area contributed by atoms with Crippen molar-refractivity contribution in [2.75, 3.05) is 6.54 Å². The van der Waals surface area contributed by atoms with Crippen molar-refractivity contribution in [2.45, 2.75) is 6.42 Å². The molecule has 7 nitrogen and oxygen atoms in total. The van der Waals surface area contributed by atoms with Gasteiger partial charge in [-0.05, 0) is 24.3 Å². The number of esters is 1. The van der Waals surface area contributed by atoms with Crippen molar-refractivity contribution in [3.63, 3.8) is 0 Å². The van der Waals surface area contributed by atoms with Gasteiger partial charge in [0.2, 0.25) is 0 Å². The smallest absolute Gasteiger partial charge is 0.312 e. The molecule has 0 heterocycles. The van der Waals surface area contributed by atoms with Crippen molar-refractivity contribution in [3.05, 3.63) is 68.2 Å². The number of amides is 1. The van der Waals surface area contributed by atoms with E-state index in [1.807, 2.05) is 0 Å². The maximum Gasteiger partial charge on any atom is 0.312 e. The Bertz CT molecular complexity index is 809. The second-order valence-electron chi connectivity index (χ2n) is 4.86. The summed E-state index contributed by atoms with van der Waals surface area (Å²) in [5, 5.41) is 13.7. The molecule has 1 N–H and O–H groups in total. The zero-order valence-corrected chi connectivity index (χ0v) is 14.2. The van der Waals surface area contributed by atoms with Gasteiger partial charge in [-0.25, -0.2) is 0 Å². The average molecular weight is 383 g/mol. The van der Waals surface area contributed by atoms with Crippen LogP contribution in [0.25, 0.3) is 0 Å². The molecule has 0 aromatic heterocycles. The Balaban J connectivity index is 1.81. The monoisotopic (exact) mass is 382 g/mol. The molecule has 2 rings (SSSR count). The summed E-state index contributed by atoms with van der Waals surface area (Å²) in [6.07, 6.45) is -0.0566. The molecule has 2 aromatic carbocycles. The summed E-state index contributed by atoms with van der Waals surface area (Å²) in [4.78, 5) is 33.6. The van der Waals surface area contributed by atoms with E-state index in [0.29, 0.717) is 5.02 Å². The van der Waals surface area contributed by atoms with Gasteiger partial charge in [0.05, 0.1) is 21.4 Å². The van der Waals surface area contributed by atoms with Gasteiger partial charge in [0.15, 0.2) is 0 Å². The second-order valence-corrected chi connectivity index (χ2v) is 5.67. The summed E-state index contributed by atoms with van der Waals surface area (Å²) in [7, 11) is 0. The lowest BCUT2D eigenvalue weighted by Crippen LogP contribution is -2.27. The number of nitro benzene ring substituents is 1. The van der Waals surface area contributed by atoms with Crippen LogP contribution in [0.2, 0.25) is 10.0 Å². The minimum atomic E-state index is -0.555. The minimum Gasteiger partial charge on any atom is -0.426 e. The highest BCUT2D eigenvalue weighted by Crippen LogP contribution is 2.26. The number of carbonyl (C=O) groups excluding carboxylic acids is 2. The molecular weight excluding hydrogens is 371 g/mol. The van der Waals surface area contributed by atoms with Gasteiger partial charge in [-0.3, -0.25) is 19.7 Å². The number of hydrogen-bond acceptors (Lipinski definition) is 5. The Hall–Kier alpha value is -2.64. The van der Waals surface area contributed by atoms with E-state index in [-0.39, 0.29) is 35.0 Å².